The third-order valence-corrected chi connectivity index (χ3v) is 4.58. The Morgan fingerprint density at radius 1 is 1.04 bits per heavy atom. The molecule has 1 aliphatic rings. The molecule has 6 heteroatoms. The molecule has 2 aromatic heterocycles. The van der Waals surface area contributed by atoms with E-state index in [0.29, 0.717) is 17.7 Å². The van der Waals surface area contributed by atoms with Gasteiger partial charge in [-0.15, -0.1) is 10.2 Å². The summed E-state index contributed by atoms with van der Waals surface area (Å²) in [6.07, 6.45) is 6.03. The molecule has 0 aliphatic heterocycles. The second-order valence-electron chi connectivity index (χ2n) is 5.82. The van der Waals surface area contributed by atoms with E-state index in [1.165, 1.54) is 11.9 Å². The van der Waals surface area contributed by atoms with E-state index >= 15 is 0 Å². The summed E-state index contributed by atoms with van der Waals surface area (Å²) in [6.45, 7) is 0. The number of hydrogen-bond acceptors (Lipinski definition) is 5. The molecule has 0 amide bonds. The van der Waals surface area contributed by atoms with Crippen molar-refractivity contribution in [2.45, 2.75) is 18.3 Å². The Morgan fingerprint density at radius 2 is 1.79 bits per heavy atom. The number of methoxy groups -OCH3 is 1. The third kappa shape index (κ3) is 2.83. The van der Waals surface area contributed by atoms with Crippen molar-refractivity contribution in [3.63, 3.8) is 0 Å². The van der Waals surface area contributed by atoms with Crippen molar-refractivity contribution in [2.24, 2.45) is 0 Å². The normalized spacial score (nSPS) is 19.1. The highest BCUT2D eigenvalue weighted by Crippen LogP contribution is 2.56. The van der Waals surface area contributed by atoms with Crippen molar-refractivity contribution in [3.05, 3.63) is 65.2 Å². The smallest absolute Gasteiger partial charge is 0.236 e. The van der Waals surface area contributed by atoms with E-state index < -0.39 is 0 Å². The quantitative estimate of drug-likeness (QED) is 0.722. The molecule has 4 rings (SSSR count). The van der Waals surface area contributed by atoms with Crippen molar-refractivity contribution in [2.75, 3.05) is 7.11 Å². The average molecular weight is 339 g/mol. The Kier molecular flexibility index (Phi) is 3.86. The van der Waals surface area contributed by atoms with Crippen LogP contribution in [0.3, 0.4) is 0 Å². The lowest BCUT2D eigenvalue weighted by Crippen LogP contribution is -1.99. The molecule has 0 N–H and O–H groups in total. The van der Waals surface area contributed by atoms with Gasteiger partial charge >= 0.3 is 0 Å². The number of benzene rings is 1. The van der Waals surface area contributed by atoms with E-state index in [2.05, 4.69) is 32.3 Å². The van der Waals surface area contributed by atoms with Crippen LogP contribution in [-0.4, -0.2) is 27.3 Å². The largest absolute Gasteiger partial charge is 0.480 e. The predicted octanol–water partition coefficient (Wildman–Crippen LogP) is 3.87. The van der Waals surface area contributed by atoms with Crippen LogP contribution in [-0.2, 0) is 0 Å². The Balaban J connectivity index is 1.66. The lowest BCUT2D eigenvalue weighted by atomic mass is 10.0. The number of aromatic nitrogens is 4. The zero-order valence-electron chi connectivity index (χ0n) is 13.1. The summed E-state index contributed by atoms with van der Waals surface area (Å²) in [7, 11) is 1.62. The molecule has 1 saturated carbocycles. The van der Waals surface area contributed by atoms with Crippen molar-refractivity contribution in [3.8, 4) is 17.1 Å². The van der Waals surface area contributed by atoms with Gasteiger partial charge in [-0.3, -0.25) is 0 Å². The number of ether oxygens (including phenoxy) is 1. The highest BCUT2D eigenvalue weighted by molar-refractivity contribution is 6.30. The van der Waals surface area contributed by atoms with E-state index in [1.807, 2.05) is 18.2 Å². The summed E-state index contributed by atoms with van der Waals surface area (Å²) in [6, 6.07) is 10.1. The van der Waals surface area contributed by atoms with Crippen LogP contribution in [0.4, 0.5) is 0 Å². The maximum Gasteiger partial charge on any atom is 0.236 e. The first-order valence-electron chi connectivity index (χ1n) is 7.68. The fourth-order valence-electron chi connectivity index (χ4n) is 3.01. The number of hydrogen-bond donors (Lipinski definition) is 0. The molecule has 1 aliphatic carbocycles. The van der Waals surface area contributed by atoms with E-state index in [-0.39, 0.29) is 0 Å². The van der Waals surface area contributed by atoms with Crippen LogP contribution in [0.5, 0.6) is 5.88 Å². The van der Waals surface area contributed by atoms with Gasteiger partial charge in [-0.1, -0.05) is 23.7 Å². The van der Waals surface area contributed by atoms with Crippen LogP contribution in [0.25, 0.3) is 11.3 Å². The van der Waals surface area contributed by atoms with Gasteiger partial charge in [0.2, 0.25) is 5.88 Å². The molecule has 2 unspecified atom stereocenters. The molecule has 24 heavy (non-hydrogen) atoms. The lowest BCUT2D eigenvalue weighted by molar-refractivity contribution is 0.386. The summed E-state index contributed by atoms with van der Waals surface area (Å²) in [5.74, 6) is 1.41. The van der Waals surface area contributed by atoms with E-state index in [4.69, 9.17) is 16.3 Å². The first-order valence-corrected chi connectivity index (χ1v) is 8.06. The van der Waals surface area contributed by atoms with Crippen molar-refractivity contribution in [1.29, 1.82) is 0 Å². The van der Waals surface area contributed by atoms with Crippen molar-refractivity contribution >= 4 is 11.6 Å². The Morgan fingerprint density at radius 3 is 2.50 bits per heavy atom. The number of rotatable bonds is 4. The molecule has 0 bridgehead atoms. The maximum atomic E-state index is 5.98. The van der Waals surface area contributed by atoms with Crippen molar-refractivity contribution < 1.29 is 4.74 Å². The fraction of sp³-hybridized carbons (Fsp3) is 0.222. The van der Waals surface area contributed by atoms with Gasteiger partial charge in [0.05, 0.1) is 12.8 Å². The molecule has 120 valence electrons. The predicted molar refractivity (Wildman–Crippen MR) is 91.2 cm³/mol. The summed E-state index contributed by atoms with van der Waals surface area (Å²) >= 11 is 5.98. The molecule has 1 aromatic carbocycles. The van der Waals surface area contributed by atoms with Gasteiger partial charge in [-0.25, -0.2) is 9.97 Å². The molecular formula is C18H15ClN4O. The minimum atomic E-state index is 0.375. The second-order valence-corrected chi connectivity index (χ2v) is 6.26. The van der Waals surface area contributed by atoms with Gasteiger partial charge in [0, 0.05) is 28.5 Å². The van der Waals surface area contributed by atoms with Crippen LogP contribution in [0.2, 0.25) is 5.02 Å². The molecule has 1 fully saturated rings. The Bertz CT molecular complexity index is 855. The molecule has 3 aromatic rings. The van der Waals surface area contributed by atoms with Gasteiger partial charge in [-0.2, -0.15) is 0 Å². The van der Waals surface area contributed by atoms with Crippen LogP contribution in [0, 0.1) is 0 Å². The highest BCUT2D eigenvalue weighted by Gasteiger charge is 2.41. The summed E-state index contributed by atoms with van der Waals surface area (Å²) in [5, 5.41) is 9.21. The maximum absolute atomic E-state index is 5.98. The molecule has 5 nitrogen and oxygen atoms in total. The van der Waals surface area contributed by atoms with E-state index in [0.717, 1.165) is 28.3 Å². The zero-order valence-corrected chi connectivity index (χ0v) is 13.8. The van der Waals surface area contributed by atoms with Gasteiger partial charge < -0.3 is 4.74 Å². The van der Waals surface area contributed by atoms with Gasteiger partial charge in [-0.05, 0) is 42.0 Å². The van der Waals surface area contributed by atoms with Gasteiger partial charge in [0.15, 0.2) is 0 Å². The number of nitrogens with zero attached hydrogens (tertiary/aromatic N) is 4. The van der Waals surface area contributed by atoms with Crippen molar-refractivity contribution in [1.82, 2.24) is 20.2 Å². The average Bonchev–Trinajstić information content (AvgIpc) is 3.43. The Hall–Kier alpha value is -2.53. The monoisotopic (exact) mass is 338 g/mol. The van der Waals surface area contributed by atoms with Crippen LogP contribution >= 0.6 is 11.6 Å². The molecule has 0 saturated heterocycles. The van der Waals surface area contributed by atoms with Crippen LogP contribution in [0.15, 0.2) is 49.1 Å². The minimum Gasteiger partial charge on any atom is -0.480 e. The molecule has 0 spiro atoms. The first kappa shape index (κ1) is 15.0. The second kappa shape index (κ2) is 6.17. The number of halogens is 1. The lowest BCUT2D eigenvalue weighted by Gasteiger charge is -2.08. The molecule has 2 atom stereocenters. The first-order chi connectivity index (χ1) is 11.8. The summed E-state index contributed by atoms with van der Waals surface area (Å²) in [5.41, 5.74) is 3.96. The SMILES string of the molecule is COc1nnc(-c2cncnc2)cc1C1CC1c1ccc(Cl)cc1. The van der Waals surface area contributed by atoms with E-state index in [9.17, 15) is 0 Å². The topological polar surface area (TPSA) is 60.8 Å². The fourth-order valence-corrected chi connectivity index (χ4v) is 3.13. The summed E-state index contributed by atoms with van der Waals surface area (Å²) in [4.78, 5) is 8.08. The van der Waals surface area contributed by atoms with Gasteiger partial charge in [0.25, 0.3) is 0 Å². The van der Waals surface area contributed by atoms with Crippen LogP contribution < -0.4 is 4.74 Å². The standard InChI is InChI=1S/C18H15ClN4O/c1-24-18-16(7-17(22-23-18)12-8-20-10-21-9-12)15-6-14(15)11-2-4-13(19)5-3-11/h2-5,7-10,14-15H,6H2,1H3. The third-order valence-electron chi connectivity index (χ3n) is 4.33. The molecule has 0 radical (unpaired) electrons. The zero-order chi connectivity index (χ0) is 16.5. The van der Waals surface area contributed by atoms with Crippen LogP contribution in [0.1, 0.15) is 29.4 Å². The minimum absolute atomic E-state index is 0.375. The highest BCUT2D eigenvalue weighted by atomic mass is 35.5. The Labute approximate surface area is 144 Å². The molecule has 2 heterocycles. The van der Waals surface area contributed by atoms with Gasteiger partial charge in [0.1, 0.15) is 6.33 Å². The summed E-state index contributed by atoms with van der Waals surface area (Å²) < 4.78 is 5.41. The molecular weight excluding hydrogens is 324 g/mol. The van der Waals surface area contributed by atoms with E-state index in [1.54, 1.807) is 19.5 Å².